The van der Waals surface area contributed by atoms with Gasteiger partial charge in [0.15, 0.2) is 0 Å². The number of nitrogens with one attached hydrogen (secondary N) is 1. The molecule has 0 saturated carbocycles. The smallest absolute Gasteiger partial charge is 0.267 e. The molecule has 3 aromatic rings. The van der Waals surface area contributed by atoms with E-state index in [1.807, 2.05) is 30.3 Å². The van der Waals surface area contributed by atoms with Gasteiger partial charge in [-0.3, -0.25) is 24.2 Å². The number of amides is 3. The first kappa shape index (κ1) is 23.8. The number of fused-ring (bicyclic) bond motifs is 1. The van der Waals surface area contributed by atoms with Crippen LogP contribution in [-0.2, 0) is 20.9 Å². The van der Waals surface area contributed by atoms with E-state index in [2.05, 4.69) is 5.32 Å². The zero-order valence-electron chi connectivity index (χ0n) is 19.3. The minimum Gasteiger partial charge on any atom is -0.497 e. The van der Waals surface area contributed by atoms with Gasteiger partial charge in [0, 0.05) is 11.3 Å². The van der Waals surface area contributed by atoms with Crippen LogP contribution in [0, 0.1) is 0 Å². The molecule has 2 heterocycles. The molecule has 180 valence electrons. The van der Waals surface area contributed by atoms with Gasteiger partial charge < -0.3 is 10.1 Å². The van der Waals surface area contributed by atoms with Crippen LogP contribution in [0.2, 0.25) is 0 Å². The van der Waals surface area contributed by atoms with Crippen LogP contribution in [0.3, 0.4) is 0 Å². The maximum absolute atomic E-state index is 13.6. The number of anilines is 2. The molecule has 0 spiro atoms. The fourth-order valence-electron chi connectivity index (χ4n) is 4.13. The van der Waals surface area contributed by atoms with Gasteiger partial charge >= 0.3 is 0 Å². The Morgan fingerprint density at radius 2 is 1.61 bits per heavy atom. The molecule has 1 fully saturated rings. The van der Waals surface area contributed by atoms with Crippen molar-refractivity contribution < 1.29 is 19.1 Å². The summed E-state index contributed by atoms with van der Waals surface area (Å²) < 4.78 is 5.54. The summed E-state index contributed by atoms with van der Waals surface area (Å²) in [6.45, 7) is 0.127. The van der Waals surface area contributed by atoms with Crippen molar-refractivity contribution in [2.75, 3.05) is 23.9 Å². The van der Waals surface area contributed by atoms with E-state index in [-0.39, 0.29) is 28.8 Å². The number of thiocarbonyl (C=S) groups is 1. The number of carbonyl (C=O) groups is 3. The molecular weight excluding hydrogens is 494 g/mol. The maximum atomic E-state index is 13.6. The van der Waals surface area contributed by atoms with Gasteiger partial charge in [0.25, 0.3) is 11.8 Å². The Bertz CT molecular complexity index is 1400. The number of hydrogen-bond donors (Lipinski definition) is 1. The van der Waals surface area contributed by atoms with Crippen molar-refractivity contribution in [3.63, 3.8) is 0 Å². The zero-order valence-corrected chi connectivity index (χ0v) is 20.9. The van der Waals surface area contributed by atoms with Gasteiger partial charge in [0.1, 0.15) is 16.6 Å². The Kier molecular flexibility index (Phi) is 6.58. The molecule has 1 N–H and O–H groups in total. The molecule has 2 aliphatic rings. The van der Waals surface area contributed by atoms with Gasteiger partial charge in [0.2, 0.25) is 5.91 Å². The molecule has 9 heteroatoms. The third-order valence-corrected chi connectivity index (χ3v) is 7.31. The average molecular weight is 516 g/mol. The lowest BCUT2D eigenvalue weighted by Gasteiger charge is -2.17. The van der Waals surface area contributed by atoms with Crippen LogP contribution in [0.15, 0.2) is 83.8 Å². The normalized spacial score (nSPS) is 17.0. The summed E-state index contributed by atoms with van der Waals surface area (Å²) in [5.74, 6) is -0.398. The number of methoxy groups -OCH3 is 1. The van der Waals surface area contributed by atoms with Gasteiger partial charge in [-0.15, -0.1) is 0 Å². The van der Waals surface area contributed by atoms with Crippen LogP contribution in [0.1, 0.15) is 11.1 Å². The summed E-state index contributed by atoms with van der Waals surface area (Å²) >= 11 is 6.61. The predicted molar refractivity (Wildman–Crippen MR) is 145 cm³/mol. The number of hydrogen-bond acceptors (Lipinski definition) is 6. The van der Waals surface area contributed by atoms with E-state index in [4.69, 9.17) is 17.0 Å². The standard InChI is InChI=1S/C27H21N3O4S2/c1-34-19-13-11-18(12-14-19)28-22(31)16-29-21-10-6-5-9-20(21)23(25(29)32)24-26(33)30(27(35)36-24)15-17-7-3-2-4-8-17/h2-14H,15-16H2,1H3,(H,28,31). The number of thioether (sulfide) groups is 1. The first-order chi connectivity index (χ1) is 17.5. The molecule has 0 aliphatic carbocycles. The third-order valence-electron chi connectivity index (χ3n) is 5.86. The summed E-state index contributed by atoms with van der Waals surface area (Å²) in [4.78, 5) is 43.0. The largest absolute Gasteiger partial charge is 0.497 e. The highest BCUT2D eigenvalue weighted by Gasteiger charge is 2.42. The lowest BCUT2D eigenvalue weighted by Crippen LogP contribution is -2.35. The molecule has 0 radical (unpaired) electrons. The Balaban J connectivity index is 1.41. The lowest BCUT2D eigenvalue weighted by molar-refractivity contribution is -0.122. The number of para-hydroxylation sites is 1. The molecule has 0 atom stereocenters. The first-order valence-corrected chi connectivity index (χ1v) is 12.4. The van der Waals surface area contributed by atoms with Crippen molar-refractivity contribution in [3.8, 4) is 5.75 Å². The summed E-state index contributed by atoms with van der Waals surface area (Å²) in [6.07, 6.45) is 0. The van der Waals surface area contributed by atoms with Gasteiger partial charge in [-0.1, -0.05) is 72.5 Å². The second-order valence-electron chi connectivity index (χ2n) is 8.13. The lowest BCUT2D eigenvalue weighted by atomic mass is 10.1. The second-order valence-corrected chi connectivity index (χ2v) is 9.78. The quantitative estimate of drug-likeness (QED) is 0.386. The molecule has 3 aromatic carbocycles. The molecule has 0 unspecified atom stereocenters. The monoisotopic (exact) mass is 515 g/mol. The summed E-state index contributed by atoms with van der Waals surface area (Å²) in [7, 11) is 1.57. The van der Waals surface area contributed by atoms with E-state index in [0.29, 0.717) is 33.6 Å². The van der Waals surface area contributed by atoms with Gasteiger partial charge in [0.05, 0.1) is 29.8 Å². The first-order valence-electron chi connectivity index (χ1n) is 11.1. The van der Waals surface area contributed by atoms with Crippen molar-refractivity contribution in [3.05, 3.63) is 94.9 Å². The topological polar surface area (TPSA) is 79.0 Å². The fraction of sp³-hybridized carbons (Fsp3) is 0.111. The van der Waals surface area contributed by atoms with Crippen molar-refractivity contribution in [1.82, 2.24) is 4.90 Å². The van der Waals surface area contributed by atoms with Crippen LogP contribution in [0.5, 0.6) is 5.75 Å². The van der Waals surface area contributed by atoms with E-state index in [9.17, 15) is 14.4 Å². The highest BCUT2D eigenvalue weighted by molar-refractivity contribution is 8.26. The Hall–Kier alpha value is -3.95. The van der Waals surface area contributed by atoms with Crippen molar-refractivity contribution in [2.45, 2.75) is 6.54 Å². The van der Waals surface area contributed by atoms with Gasteiger partial charge in [-0.05, 0) is 35.9 Å². The summed E-state index contributed by atoms with van der Waals surface area (Å²) in [5.41, 5.74) is 2.99. The molecule has 5 rings (SSSR count). The number of nitrogens with zero attached hydrogens (tertiary/aromatic N) is 2. The molecule has 36 heavy (non-hydrogen) atoms. The highest BCUT2D eigenvalue weighted by Crippen LogP contribution is 2.44. The minimum absolute atomic E-state index is 0.199. The maximum Gasteiger partial charge on any atom is 0.267 e. The van der Waals surface area contributed by atoms with E-state index in [0.717, 1.165) is 17.3 Å². The molecule has 1 saturated heterocycles. The number of rotatable bonds is 6. The molecule has 0 bridgehead atoms. The molecule has 2 aliphatic heterocycles. The van der Waals surface area contributed by atoms with Crippen LogP contribution in [0.4, 0.5) is 11.4 Å². The van der Waals surface area contributed by atoms with E-state index in [1.165, 1.54) is 9.80 Å². The van der Waals surface area contributed by atoms with Crippen LogP contribution < -0.4 is 15.0 Å². The summed E-state index contributed by atoms with van der Waals surface area (Å²) in [6, 6.07) is 23.6. The minimum atomic E-state index is -0.402. The second kappa shape index (κ2) is 9.96. The van der Waals surface area contributed by atoms with Crippen LogP contribution in [-0.4, -0.2) is 40.6 Å². The SMILES string of the molecule is COc1ccc(NC(=O)CN2C(=O)C(=C3SC(=S)N(Cc4ccccc4)C3=O)c3ccccc32)cc1. The van der Waals surface area contributed by atoms with E-state index in [1.54, 1.807) is 55.6 Å². The third kappa shape index (κ3) is 4.50. The Labute approximate surface area is 217 Å². The zero-order chi connectivity index (χ0) is 25.2. The van der Waals surface area contributed by atoms with Crippen molar-refractivity contribution >= 4 is 63.0 Å². The van der Waals surface area contributed by atoms with Crippen LogP contribution in [0.25, 0.3) is 5.57 Å². The predicted octanol–water partition coefficient (Wildman–Crippen LogP) is 4.45. The summed E-state index contributed by atoms with van der Waals surface area (Å²) in [5, 5.41) is 2.80. The van der Waals surface area contributed by atoms with Crippen molar-refractivity contribution in [2.24, 2.45) is 0 Å². The molecular formula is C27H21N3O4S2. The molecule has 7 nitrogen and oxygen atoms in total. The molecule has 3 amide bonds. The average Bonchev–Trinajstić information content (AvgIpc) is 3.32. The number of ether oxygens (including phenoxy) is 1. The van der Waals surface area contributed by atoms with Crippen molar-refractivity contribution in [1.29, 1.82) is 0 Å². The van der Waals surface area contributed by atoms with E-state index < -0.39 is 5.91 Å². The van der Waals surface area contributed by atoms with Gasteiger partial charge in [-0.25, -0.2) is 0 Å². The van der Waals surface area contributed by atoms with Gasteiger partial charge in [-0.2, -0.15) is 0 Å². The Morgan fingerprint density at radius 1 is 0.917 bits per heavy atom. The number of benzene rings is 3. The molecule has 0 aromatic heterocycles. The highest BCUT2D eigenvalue weighted by atomic mass is 32.2. The fourth-order valence-corrected chi connectivity index (χ4v) is 5.45. The van der Waals surface area contributed by atoms with Crippen LogP contribution >= 0.6 is 24.0 Å². The van der Waals surface area contributed by atoms with E-state index >= 15 is 0 Å². The number of carbonyl (C=O) groups excluding carboxylic acids is 3. The Morgan fingerprint density at radius 3 is 2.33 bits per heavy atom.